The van der Waals surface area contributed by atoms with Crippen LogP contribution in [0.4, 0.5) is 0 Å². The average Bonchev–Trinajstić information content (AvgIpc) is 2.47. The van der Waals surface area contributed by atoms with Gasteiger partial charge in [-0.25, -0.2) is 13.4 Å². The molecule has 0 aliphatic heterocycles. The van der Waals surface area contributed by atoms with E-state index in [1.165, 1.54) is 10.5 Å². The van der Waals surface area contributed by atoms with Crippen LogP contribution in [0, 0.1) is 0 Å². The van der Waals surface area contributed by atoms with Gasteiger partial charge < -0.3 is 5.11 Å². The SMILES string of the molecule is CC(O)CN(C1CCCCC1)S(=O)(=O)Cc1ccc(Cl)nc1. The second-order valence-corrected chi connectivity index (χ2v) is 8.26. The third-order valence-corrected chi connectivity index (χ3v) is 6.00. The number of sulfonamides is 1. The Morgan fingerprint density at radius 1 is 1.36 bits per heavy atom. The van der Waals surface area contributed by atoms with Crippen molar-refractivity contribution in [2.24, 2.45) is 0 Å². The second-order valence-electron chi connectivity index (χ2n) is 5.96. The zero-order valence-corrected chi connectivity index (χ0v) is 14.4. The molecule has 0 radical (unpaired) electrons. The minimum atomic E-state index is -3.49. The molecule has 124 valence electrons. The zero-order valence-electron chi connectivity index (χ0n) is 12.8. The maximum atomic E-state index is 12.8. The summed E-state index contributed by atoms with van der Waals surface area (Å²) in [4.78, 5) is 3.93. The van der Waals surface area contributed by atoms with E-state index >= 15 is 0 Å². The highest BCUT2D eigenvalue weighted by Gasteiger charge is 2.31. The number of hydrogen-bond acceptors (Lipinski definition) is 4. The summed E-state index contributed by atoms with van der Waals surface area (Å²) in [6.45, 7) is 1.77. The molecule has 1 aliphatic rings. The standard InChI is InChI=1S/C15H23ClN2O3S/c1-12(19)10-18(14-5-3-2-4-6-14)22(20,21)11-13-7-8-15(16)17-9-13/h7-9,12,14,19H,2-6,10-11H2,1H3. The van der Waals surface area contributed by atoms with Crippen molar-refractivity contribution in [1.29, 1.82) is 0 Å². The summed E-state index contributed by atoms with van der Waals surface area (Å²) < 4.78 is 27.0. The van der Waals surface area contributed by atoms with E-state index in [4.69, 9.17) is 11.6 Å². The lowest BCUT2D eigenvalue weighted by molar-refractivity contribution is 0.136. The Balaban J connectivity index is 2.17. The highest BCUT2D eigenvalue weighted by atomic mass is 35.5. The molecule has 1 unspecified atom stereocenters. The average molecular weight is 347 g/mol. The monoisotopic (exact) mass is 346 g/mol. The molecule has 0 amide bonds. The lowest BCUT2D eigenvalue weighted by atomic mass is 9.95. The maximum Gasteiger partial charge on any atom is 0.218 e. The third-order valence-electron chi connectivity index (χ3n) is 3.92. The van der Waals surface area contributed by atoms with Gasteiger partial charge >= 0.3 is 0 Å². The number of aliphatic hydroxyl groups is 1. The highest BCUT2D eigenvalue weighted by molar-refractivity contribution is 7.88. The largest absolute Gasteiger partial charge is 0.392 e. The first kappa shape index (κ1) is 17.7. The summed E-state index contributed by atoms with van der Waals surface area (Å²) in [6.07, 6.45) is 5.77. The van der Waals surface area contributed by atoms with Crippen LogP contribution in [0.15, 0.2) is 18.3 Å². The highest BCUT2D eigenvalue weighted by Crippen LogP contribution is 2.26. The van der Waals surface area contributed by atoms with E-state index in [9.17, 15) is 13.5 Å². The molecule has 1 N–H and O–H groups in total. The summed E-state index contributed by atoms with van der Waals surface area (Å²) in [7, 11) is -3.49. The second kappa shape index (κ2) is 7.73. The van der Waals surface area contributed by atoms with Gasteiger partial charge in [-0.1, -0.05) is 36.9 Å². The first-order valence-electron chi connectivity index (χ1n) is 7.66. The van der Waals surface area contributed by atoms with Crippen molar-refractivity contribution >= 4 is 21.6 Å². The van der Waals surface area contributed by atoms with Crippen LogP contribution in [0.25, 0.3) is 0 Å². The molecular formula is C15H23ClN2O3S. The number of nitrogens with zero attached hydrogens (tertiary/aromatic N) is 2. The van der Waals surface area contributed by atoms with Crippen LogP contribution in [-0.2, 0) is 15.8 Å². The Hall–Kier alpha value is -0.690. The van der Waals surface area contributed by atoms with E-state index in [2.05, 4.69) is 4.98 Å². The van der Waals surface area contributed by atoms with E-state index in [0.29, 0.717) is 10.7 Å². The van der Waals surface area contributed by atoms with Crippen molar-refractivity contribution in [1.82, 2.24) is 9.29 Å². The van der Waals surface area contributed by atoms with Crippen LogP contribution in [0.2, 0.25) is 5.15 Å². The minimum Gasteiger partial charge on any atom is -0.392 e. The fourth-order valence-corrected chi connectivity index (χ4v) is 4.88. The molecule has 2 rings (SSSR count). The Morgan fingerprint density at radius 2 is 2.05 bits per heavy atom. The molecule has 1 atom stereocenters. The van der Waals surface area contributed by atoms with Crippen LogP contribution in [0.1, 0.15) is 44.6 Å². The van der Waals surface area contributed by atoms with Crippen molar-refractivity contribution in [3.05, 3.63) is 29.0 Å². The topological polar surface area (TPSA) is 70.5 Å². The van der Waals surface area contributed by atoms with Gasteiger partial charge in [0.25, 0.3) is 0 Å². The van der Waals surface area contributed by atoms with Crippen LogP contribution in [0.3, 0.4) is 0 Å². The first-order valence-corrected chi connectivity index (χ1v) is 9.65. The number of aliphatic hydroxyl groups excluding tert-OH is 1. The van der Waals surface area contributed by atoms with Gasteiger partial charge in [-0.3, -0.25) is 0 Å². The van der Waals surface area contributed by atoms with E-state index in [1.807, 2.05) is 0 Å². The van der Waals surface area contributed by atoms with Gasteiger partial charge in [-0.05, 0) is 31.4 Å². The van der Waals surface area contributed by atoms with Crippen molar-refractivity contribution in [3.8, 4) is 0 Å². The van der Waals surface area contributed by atoms with Crippen LogP contribution >= 0.6 is 11.6 Å². The predicted molar refractivity (Wildman–Crippen MR) is 87.1 cm³/mol. The number of aromatic nitrogens is 1. The summed E-state index contributed by atoms with van der Waals surface area (Å²) in [5, 5.41) is 10.0. The Labute approximate surface area is 137 Å². The minimum absolute atomic E-state index is 0.00592. The van der Waals surface area contributed by atoms with E-state index in [1.54, 1.807) is 19.1 Å². The smallest absolute Gasteiger partial charge is 0.218 e. The Bertz CT molecular complexity index is 569. The van der Waals surface area contributed by atoms with Gasteiger partial charge in [0, 0.05) is 18.8 Å². The van der Waals surface area contributed by atoms with Crippen molar-refractivity contribution in [3.63, 3.8) is 0 Å². The summed E-state index contributed by atoms with van der Waals surface area (Å²) in [6, 6.07) is 3.26. The summed E-state index contributed by atoms with van der Waals surface area (Å²) in [5.41, 5.74) is 0.607. The number of hydrogen-bond donors (Lipinski definition) is 1. The maximum absolute atomic E-state index is 12.8. The van der Waals surface area contributed by atoms with Gasteiger partial charge in [-0.15, -0.1) is 0 Å². The van der Waals surface area contributed by atoms with E-state index < -0.39 is 16.1 Å². The van der Waals surface area contributed by atoms with Gasteiger partial charge in [0.2, 0.25) is 10.0 Å². The molecule has 22 heavy (non-hydrogen) atoms. The molecule has 0 spiro atoms. The summed E-state index contributed by atoms with van der Waals surface area (Å²) >= 11 is 5.73. The molecule has 1 saturated carbocycles. The van der Waals surface area contributed by atoms with Gasteiger partial charge in [0.1, 0.15) is 5.15 Å². The van der Waals surface area contributed by atoms with Gasteiger partial charge in [0.05, 0.1) is 11.9 Å². The zero-order chi connectivity index (χ0) is 16.2. The number of halogens is 1. The van der Waals surface area contributed by atoms with Crippen molar-refractivity contribution in [2.75, 3.05) is 6.54 Å². The van der Waals surface area contributed by atoms with Gasteiger partial charge in [-0.2, -0.15) is 4.31 Å². The molecule has 1 heterocycles. The molecule has 1 aliphatic carbocycles. The van der Waals surface area contributed by atoms with Crippen molar-refractivity contribution < 1.29 is 13.5 Å². The Kier molecular flexibility index (Phi) is 6.20. The third kappa shape index (κ3) is 4.91. The molecular weight excluding hydrogens is 324 g/mol. The van der Waals surface area contributed by atoms with Crippen LogP contribution in [-0.4, -0.2) is 41.5 Å². The quantitative estimate of drug-likeness (QED) is 0.804. The lowest BCUT2D eigenvalue weighted by Gasteiger charge is -2.34. The number of rotatable bonds is 6. The fraction of sp³-hybridized carbons (Fsp3) is 0.667. The van der Waals surface area contributed by atoms with Crippen molar-refractivity contribution in [2.45, 2.75) is 56.9 Å². The summed E-state index contributed by atoms with van der Waals surface area (Å²) in [5.74, 6) is -0.111. The molecule has 1 aromatic heterocycles. The van der Waals surface area contributed by atoms with Crippen LogP contribution in [0.5, 0.6) is 0 Å². The van der Waals surface area contributed by atoms with Crippen LogP contribution < -0.4 is 0 Å². The number of pyridine rings is 1. The Morgan fingerprint density at radius 3 is 2.59 bits per heavy atom. The first-order chi connectivity index (χ1) is 10.4. The predicted octanol–water partition coefficient (Wildman–Crippen LogP) is 2.58. The molecule has 0 bridgehead atoms. The molecule has 1 fully saturated rings. The van der Waals surface area contributed by atoms with E-state index in [0.717, 1.165) is 32.1 Å². The normalized spacial score (nSPS) is 18.5. The fourth-order valence-electron chi connectivity index (χ4n) is 2.90. The lowest BCUT2D eigenvalue weighted by Crippen LogP contribution is -2.45. The molecule has 1 aromatic rings. The molecule has 0 saturated heterocycles. The van der Waals surface area contributed by atoms with Gasteiger partial charge in [0.15, 0.2) is 0 Å². The molecule has 7 heteroatoms. The van der Waals surface area contributed by atoms with E-state index in [-0.39, 0.29) is 18.3 Å². The molecule has 0 aromatic carbocycles. The molecule has 5 nitrogen and oxygen atoms in total.